The number of carbonyl (C=O) groups excluding carboxylic acids is 1. The average Bonchev–Trinajstić information content (AvgIpc) is 3.06. The molecule has 134 valence electrons. The molecule has 0 fully saturated rings. The summed E-state index contributed by atoms with van der Waals surface area (Å²) >= 11 is 8.83. The maximum Gasteiger partial charge on any atom is 0.325 e. The summed E-state index contributed by atoms with van der Waals surface area (Å²) in [6.45, 7) is 0. The smallest absolute Gasteiger partial charge is 0.305 e. The summed E-state index contributed by atoms with van der Waals surface area (Å²) in [7, 11) is 0. The molecule has 0 radical (unpaired) electrons. The van der Waals surface area contributed by atoms with E-state index in [1.165, 1.54) is 29.0 Å². The third-order valence-electron chi connectivity index (χ3n) is 3.22. The number of hydrogen-bond acceptors (Lipinski definition) is 5. The van der Waals surface area contributed by atoms with Crippen molar-refractivity contribution in [3.05, 3.63) is 69.9 Å². The molecule has 0 aliphatic rings. The van der Waals surface area contributed by atoms with Gasteiger partial charge in [-0.3, -0.25) is 5.32 Å². The molecule has 0 spiro atoms. The van der Waals surface area contributed by atoms with Gasteiger partial charge in [-0.25, -0.2) is 9.18 Å². The lowest BCUT2D eigenvalue weighted by molar-refractivity contribution is 0.262. The van der Waals surface area contributed by atoms with Crippen LogP contribution in [-0.2, 0) is 11.5 Å². The third-order valence-corrected chi connectivity index (χ3v) is 5.51. The fraction of sp³-hybridized carbons (Fsp3) is 0.118. The monoisotopic (exact) mass is 408 g/mol. The predicted molar refractivity (Wildman–Crippen MR) is 105 cm³/mol. The Morgan fingerprint density at radius 3 is 2.62 bits per heavy atom. The molecule has 0 aliphatic carbocycles. The number of anilines is 2. The molecule has 9 heteroatoms. The lowest BCUT2D eigenvalue weighted by atomic mass is 10.2. The van der Waals surface area contributed by atoms with E-state index in [1.807, 2.05) is 24.3 Å². The molecule has 0 unspecified atom stereocenters. The van der Waals surface area contributed by atoms with E-state index in [0.717, 1.165) is 10.8 Å². The SMILES string of the molecule is O=C(Nc1nnc(CSCc2ccc(Cl)cc2)s1)Nc1ccccc1F. The lowest BCUT2D eigenvalue weighted by Gasteiger charge is -2.05. The Bertz CT molecular complexity index is 888. The van der Waals surface area contributed by atoms with E-state index in [-0.39, 0.29) is 5.69 Å². The van der Waals surface area contributed by atoms with E-state index in [1.54, 1.807) is 23.9 Å². The average molecular weight is 409 g/mol. The van der Waals surface area contributed by atoms with Crippen molar-refractivity contribution in [1.29, 1.82) is 0 Å². The van der Waals surface area contributed by atoms with Crippen molar-refractivity contribution in [3.8, 4) is 0 Å². The van der Waals surface area contributed by atoms with Gasteiger partial charge in [0, 0.05) is 16.5 Å². The molecule has 3 aromatic rings. The molecule has 26 heavy (non-hydrogen) atoms. The summed E-state index contributed by atoms with van der Waals surface area (Å²) < 4.78 is 13.5. The largest absolute Gasteiger partial charge is 0.325 e. The van der Waals surface area contributed by atoms with Crippen molar-refractivity contribution in [1.82, 2.24) is 10.2 Å². The third kappa shape index (κ3) is 5.42. The first-order valence-corrected chi connectivity index (χ1v) is 9.92. The molecule has 0 saturated carbocycles. The number of nitrogens with one attached hydrogen (secondary N) is 2. The number of hydrogen-bond donors (Lipinski definition) is 2. The first-order valence-electron chi connectivity index (χ1n) is 7.57. The summed E-state index contributed by atoms with van der Waals surface area (Å²) in [5, 5.41) is 14.8. The van der Waals surface area contributed by atoms with E-state index >= 15 is 0 Å². The Morgan fingerprint density at radius 2 is 1.85 bits per heavy atom. The summed E-state index contributed by atoms with van der Waals surface area (Å²) in [4.78, 5) is 11.9. The Labute approximate surface area is 163 Å². The van der Waals surface area contributed by atoms with Gasteiger partial charge in [-0.1, -0.05) is 47.2 Å². The second-order valence-corrected chi connectivity index (χ2v) is 7.66. The van der Waals surface area contributed by atoms with Crippen LogP contribution in [0.3, 0.4) is 0 Å². The zero-order valence-electron chi connectivity index (χ0n) is 13.4. The zero-order valence-corrected chi connectivity index (χ0v) is 15.8. The van der Waals surface area contributed by atoms with Crippen LogP contribution in [-0.4, -0.2) is 16.2 Å². The van der Waals surface area contributed by atoms with Gasteiger partial charge in [0.2, 0.25) is 5.13 Å². The van der Waals surface area contributed by atoms with Crippen LogP contribution in [0.25, 0.3) is 0 Å². The van der Waals surface area contributed by atoms with Gasteiger partial charge in [-0.15, -0.1) is 22.0 Å². The Hall–Kier alpha value is -2.16. The normalized spacial score (nSPS) is 10.5. The number of thioether (sulfide) groups is 1. The molecule has 0 aliphatic heterocycles. The van der Waals surface area contributed by atoms with Crippen molar-refractivity contribution in [3.63, 3.8) is 0 Å². The Balaban J connectivity index is 1.47. The highest BCUT2D eigenvalue weighted by molar-refractivity contribution is 7.97. The molecule has 0 bridgehead atoms. The highest BCUT2D eigenvalue weighted by atomic mass is 35.5. The van der Waals surface area contributed by atoms with Crippen LogP contribution in [0, 0.1) is 5.82 Å². The quantitative estimate of drug-likeness (QED) is 0.572. The van der Waals surface area contributed by atoms with E-state index < -0.39 is 11.8 Å². The van der Waals surface area contributed by atoms with E-state index in [2.05, 4.69) is 20.8 Å². The number of rotatable bonds is 6. The number of amides is 2. The van der Waals surface area contributed by atoms with Crippen LogP contribution in [0.1, 0.15) is 10.6 Å². The first kappa shape index (κ1) is 18.6. The van der Waals surface area contributed by atoms with Gasteiger partial charge in [0.15, 0.2) is 0 Å². The van der Waals surface area contributed by atoms with Crippen molar-refractivity contribution in [2.24, 2.45) is 0 Å². The molecule has 0 atom stereocenters. The Morgan fingerprint density at radius 1 is 1.08 bits per heavy atom. The fourth-order valence-corrected chi connectivity index (χ4v) is 3.92. The van der Waals surface area contributed by atoms with Crippen molar-refractivity contribution < 1.29 is 9.18 Å². The molecule has 0 saturated heterocycles. The first-order chi connectivity index (χ1) is 12.6. The van der Waals surface area contributed by atoms with E-state index in [4.69, 9.17) is 11.6 Å². The molecule has 2 N–H and O–H groups in total. The predicted octanol–water partition coefficient (Wildman–Crippen LogP) is 5.41. The maximum atomic E-state index is 13.5. The zero-order chi connectivity index (χ0) is 18.4. The molecular weight excluding hydrogens is 395 g/mol. The van der Waals surface area contributed by atoms with Gasteiger partial charge >= 0.3 is 6.03 Å². The standard InChI is InChI=1S/C17H14ClFN4OS2/c18-12-7-5-11(6-8-12)9-25-10-15-22-23-17(26-15)21-16(24)20-14-4-2-1-3-13(14)19/h1-8H,9-10H2,(H2,20,21,23,24). The van der Waals surface area contributed by atoms with Crippen LogP contribution in [0.5, 0.6) is 0 Å². The summed E-state index contributed by atoms with van der Waals surface area (Å²) in [6.07, 6.45) is 0. The molecule has 2 aromatic carbocycles. The minimum atomic E-state index is -0.563. The number of benzene rings is 2. The van der Waals surface area contributed by atoms with Gasteiger partial charge < -0.3 is 5.32 Å². The maximum absolute atomic E-state index is 13.5. The van der Waals surface area contributed by atoms with E-state index in [9.17, 15) is 9.18 Å². The number of urea groups is 1. The minimum Gasteiger partial charge on any atom is -0.305 e. The van der Waals surface area contributed by atoms with E-state index in [0.29, 0.717) is 15.9 Å². The fourth-order valence-electron chi connectivity index (χ4n) is 2.01. The molecule has 5 nitrogen and oxygen atoms in total. The molecular formula is C17H14ClFN4OS2. The van der Waals surface area contributed by atoms with Gasteiger partial charge in [0.1, 0.15) is 10.8 Å². The van der Waals surface area contributed by atoms with Gasteiger partial charge in [-0.2, -0.15) is 0 Å². The number of para-hydroxylation sites is 1. The van der Waals surface area contributed by atoms with Crippen molar-refractivity contribution in [2.45, 2.75) is 11.5 Å². The number of carbonyl (C=O) groups is 1. The van der Waals surface area contributed by atoms with Gasteiger partial charge in [0.25, 0.3) is 0 Å². The van der Waals surface area contributed by atoms with Crippen molar-refractivity contribution in [2.75, 3.05) is 10.6 Å². The number of nitrogens with zero attached hydrogens (tertiary/aromatic N) is 2. The van der Waals surface area contributed by atoms with Gasteiger partial charge in [-0.05, 0) is 29.8 Å². The van der Waals surface area contributed by atoms with Crippen LogP contribution < -0.4 is 10.6 Å². The van der Waals surface area contributed by atoms with Crippen LogP contribution >= 0.6 is 34.7 Å². The Kier molecular flexibility index (Phi) is 6.43. The van der Waals surface area contributed by atoms with Gasteiger partial charge in [0.05, 0.1) is 5.69 Å². The number of halogens is 2. The minimum absolute atomic E-state index is 0.105. The highest BCUT2D eigenvalue weighted by Gasteiger charge is 2.10. The molecule has 1 heterocycles. The topological polar surface area (TPSA) is 66.9 Å². The van der Waals surface area contributed by atoms with Crippen molar-refractivity contribution >= 4 is 51.5 Å². The highest BCUT2D eigenvalue weighted by Crippen LogP contribution is 2.23. The molecule has 2 amide bonds. The lowest BCUT2D eigenvalue weighted by Crippen LogP contribution is -2.19. The summed E-state index contributed by atoms with van der Waals surface area (Å²) in [5.41, 5.74) is 1.28. The summed E-state index contributed by atoms with van der Waals surface area (Å²) in [6, 6.07) is 13.1. The second kappa shape index (κ2) is 8.98. The number of aromatic nitrogens is 2. The molecule has 3 rings (SSSR count). The molecule has 1 aromatic heterocycles. The van der Waals surface area contributed by atoms with Crippen LogP contribution in [0.2, 0.25) is 5.02 Å². The van der Waals surface area contributed by atoms with Crippen LogP contribution in [0.4, 0.5) is 20.0 Å². The summed E-state index contributed by atoms with van der Waals surface area (Å²) in [5.74, 6) is 1.00. The van der Waals surface area contributed by atoms with Crippen LogP contribution in [0.15, 0.2) is 48.5 Å². The second-order valence-electron chi connectivity index (χ2n) is 5.18.